The zero-order chi connectivity index (χ0) is 27.2. The molecule has 7 nitrogen and oxygen atoms in total. The van der Waals surface area contributed by atoms with Gasteiger partial charge >= 0.3 is 0 Å². The summed E-state index contributed by atoms with van der Waals surface area (Å²) >= 11 is 15.2. The highest BCUT2D eigenvalue weighted by Gasteiger charge is 2.02. The Hall–Kier alpha value is 2.22. The monoisotopic (exact) mass is 723 g/mol. The van der Waals surface area contributed by atoms with Crippen molar-refractivity contribution in [2.45, 2.75) is 0 Å². The van der Waals surface area contributed by atoms with E-state index in [2.05, 4.69) is 15.3 Å². The third kappa shape index (κ3) is 32.6. The molecule has 0 radical (unpaired) electrons. The van der Waals surface area contributed by atoms with Crippen LogP contribution in [0.2, 0.25) is 0 Å². The van der Waals surface area contributed by atoms with E-state index in [1.807, 2.05) is 76.8 Å². The summed E-state index contributed by atoms with van der Waals surface area (Å²) in [4.78, 5) is 20.1. The lowest BCUT2D eigenvalue weighted by molar-refractivity contribution is 0.261. The van der Waals surface area contributed by atoms with Crippen molar-refractivity contribution in [3.8, 4) is 0 Å². The molecule has 0 bridgehead atoms. The van der Waals surface area contributed by atoms with Gasteiger partial charge in [-0.3, -0.25) is 23.2 Å². The van der Waals surface area contributed by atoms with Crippen LogP contribution in [-0.2, 0) is 21.6 Å². The maximum absolute atomic E-state index is 11.9. The maximum atomic E-state index is 11.9. The van der Waals surface area contributed by atoms with Crippen molar-refractivity contribution in [1.82, 2.24) is 5.32 Å². The fourth-order valence-electron chi connectivity index (χ4n) is 1.79. The van der Waals surface area contributed by atoms with Gasteiger partial charge in [-0.05, 0) is 6.26 Å². The molecule has 2 atom stereocenters. The summed E-state index contributed by atoms with van der Waals surface area (Å²) in [7, 11) is -2.04. The Bertz CT molecular complexity index is 648. The van der Waals surface area contributed by atoms with E-state index in [1.54, 1.807) is 17.3 Å². The standard InChI is InChI=1S/C19H37N3O4S11/c1-27-10-21-12-36(25)9-8-31-17-34-16-30-6-7-35-19(24)22-3-5-29-15-33-14-28-4-2-20-11-37(26)18-32-13-23/h11-12,23H,2-10,13-18H2,1H3,(H,22,24). The summed E-state index contributed by atoms with van der Waals surface area (Å²) in [6.07, 6.45) is 1.97. The lowest BCUT2D eigenvalue weighted by atomic mass is 10.8. The number of nitrogens with zero attached hydrogens (tertiary/aromatic N) is 2. The Kier molecular flexibility index (Phi) is 34.7. The second kappa shape index (κ2) is 32.7. The Morgan fingerprint density at radius 1 is 0.811 bits per heavy atom. The van der Waals surface area contributed by atoms with Crippen LogP contribution in [0.3, 0.4) is 0 Å². The highest BCUT2D eigenvalue weighted by molar-refractivity contribution is 8.23. The highest BCUT2D eigenvalue weighted by Crippen LogP contribution is 2.19. The smallest absolute Gasteiger partial charge is 0.279 e. The van der Waals surface area contributed by atoms with E-state index < -0.39 is 21.6 Å². The highest BCUT2D eigenvalue weighted by atomic mass is 32.2. The van der Waals surface area contributed by atoms with Crippen LogP contribution in [-0.4, -0.2) is 121 Å². The number of carbonyl (C=O) groups is 1. The first-order valence-electron chi connectivity index (χ1n) is 10.9. The van der Waals surface area contributed by atoms with Gasteiger partial charge in [0.15, 0.2) is 0 Å². The minimum absolute atomic E-state index is 0.0151. The van der Waals surface area contributed by atoms with E-state index >= 15 is 0 Å². The molecule has 0 aliphatic heterocycles. The Labute approximate surface area is 265 Å². The molecule has 2 unspecified atom stereocenters. The Balaban J connectivity index is 3.31. The first-order chi connectivity index (χ1) is 18.1. The van der Waals surface area contributed by atoms with Crippen LogP contribution in [0.1, 0.15) is 0 Å². The SMILES string of the molecule is CSCN=CS(=O)CCSCSCSCCSC(=O)NCCSCSCSCCN=CS(=O)CSCO. The molecule has 37 heavy (non-hydrogen) atoms. The molecule has 0 aromatic heterocycles. The van der Waals surface area contributed by atoms with Crippen molar-refractivity contribution in [2.24, 2.45) is 9.98 Å². The molecule has 0 saturated heterocycles. The number of hydrogen-bond acceptors (Lipinski definition) is 15. The predicted octanol–water partition coefficient (Wildman–Crippen LogP) is 5.17. The van der Waals surface area contributed by atoms with E-state index in [4.69, 9.17) is 5.11 Å². The van der Waals surface area contributed by atoms with Crippen molar-refractivity contribution < 1.29 is 18.3 Å². The molecule has 0 aromatic carbocycles. The molecular formula is C19H37N3O4S11. The van der Waals surface area contributed by atoms with Crippen molar-refractivity contribution in [2.75, 3.05) is 91.1 Å². The fourth-order valence-corrected chi connectivity index (χ4v) is 12.3. The largest absolute Gasteiger partial charge is 0.386 e. The zero-order valence-corrected chi connectivity index (χ0v) is 29.8. The van der Waals surface area contributed by atoms with Crippen molar-refractivity contribution in [1.29, 1.82) is 0 Å². The summed E-state index contributed by atoms with van der Waals surface area (Å²) in [5.41, 5.74) is 3.03. The summed E-state index contributed by atoms with van der Waals surface area (Å²) in [5, 5.41) is 16.1. The van der Waals surface area contributed by atoms with Crippen molar-refractivity contribution >= 4 is 144 Å². The number of rotatable bonds is 27. The quantitative estimate of drug-likeness (QED) is 0.0504. The predicted molar refractivity (Wildman–Crippen MR) is 191 cm³/mol. The number of aliphatic imine (C=N–C) groups is 2. The minimum atomic E-state index is -1.10. The van der Waals surface area contributed by atoms with Crippen molar-refractivity contribution in [3.63, 3.8) is 0 Å². The maximum Gasteiger partial charge on any atom is 0.279 e. The van der Waals surface area contributed by atoms with Gasteiger partial charge in [-0.15, -0.1) is 70.6 Å². The summed E-state index contributed by atoms with van der Waals surface area (Å²) < 4.78 is 23.1. The first kappa shape index (κ1) is 39.2. The lowest BCUT2D eigenvalue weighted by Crippen LogP contribution is -2.22. The zero-order valence-electron chi connectivity index (χ0n) is 20.8. The molecule has 1 amide bonds. The molecule has 0 saturated carbocycles. The van der Waals surface area contributed by atoms with Crippen LogP contribution in [0.15, 0.2) is 9.98 Å². The van der Waals surface area contributed by atoms with Gasteiger partial charge in [0.1, 0.15) is 0 Å². The second-order valence-corrected chi connectivity index (χ2v) is 19.9. The fraction of sp³-hybridized carbons (Fsp3) is 0.842. The van der Waals surface area contributed by atoms with Gasteiger partial charge in [0, 0.05) is 67.9 Å². The topological polar surface area (TPSA) is 108 Å². The van der Waals surface area contributed by atoms with Gasteiger partial charge in [-0.1, -0.05) is 11.8 Å². The number of amides is 1. The van der Waals surface area contributed by atoms with Crippen LogP contribution in [0.25, 0.3) is 0 Å². The number of aliphatic hydroxyl groups excluding tert-OH is 1. The van der Waals surface area contributed by atoms with E-state index in [1.165, 1.54) is 29.1 Å². The Morgan fingerprint density at radius 3 is 2.16 bits per heavy atom. The number of aliphatic hydroxyl groups is 1. The lowest BCUT2D eigenvalue weighted by Gasteiger charge is -2.05. The summed E-state index contributed by atoms with van der Waals surface area (Å²) in [5.74, 6) is 5.79. The molecule has 0 aliphatic carbocycles. The normalized spacial score (nSPS) is 13.5. The molecule has 0 heterocycles. The van der Waals surface area contributed by atoms with Crippen LogP contribution >= 0.6 is 106 Å². The van der Waals surface area contributed by atoms with Gasteiger partial charge in [-0.25, -0.2) is 0 Å². The minimum Gasteiger partial charge on any atom is -0.386 e. The van der Waals surface area contributed by atoms with E-state index in [9.17, 15) is 13.2 Å². The number of carbonyl (C=O) groups excluding carboxylic acids is 1. The number of hydrogen-bond donors (Lipinski definition) is 2. The Morgan fingerprint density at radius 2 is 1.46 bits per heavy atom. The summed E-state index contributed by atoms with van der Waals surface area (Å²) in [6, 6.07) is 0. The molecule has 0 spiro atoms. The van der Waals surface area contributed by atoms with Crippen LogP contribution in [0.4, 0.5) is 4.79 Å². The molecule has 18 heteroatoms. The molecular weight excluding hydrogens is 687 g/mol. The molecule has 0 fully saturated rings. The van der Waals surface area contributed by atoms with Crippen LogP contribution in [0.5, 0.6) is 0 Å². The average molecular weight is 724 g/mol. The second-order valence-electron chi connectivity index (χ2n) is 6.21. The number of thioether (sulfide) groups is 9. The van der Waals surface area contributed by atoms with Gasteiger partial charge < -0.3 is 10.4 Å². The van der Waals surface area contributed by atoms with Gasteiger partial charge in [-0.2, -0.15) is 23.5 Å². The van der Waals surface area contributed by atoms with Crippen molar-refractivity contribution in [3.05, 3.63) is 0 Å². The molecule has 2 N–H and O–H groups in total. The van der Waals surface area contributed by atoms with Gasteiger partial charge in [0.05, 0.1) is 49.6 Å². The third-order valence-corrected chi connectivity index (χ3v) is 15.5. The average Bonchev–Trinajstić information content (AvgIpc) is 2.89. The molecule has 0 rings (SSSR count). The third-order valence-electron chi connectivity index (χ3n) is 3.32. The van der Waals surface area contributed by atoms with E-state index in [-0.39, 0.29) is 11.2 Å². The molecule has 0 aliphatic rings. The van der Waals surface area contributed by atoms with Gasteiger partial charge in [0.25, 0.3) is 5.24 Å². The number of nitrogens with one attached hydrogen (secondary N) is 1. The van der Waals surface area contributed by atoms with Gasteiger partial charge in [0.2, 0.25) is 0 Å². The van der Waals surface area contributed by atoms with E-state index in [0.29, 0.717) is 29.8 Å². The van der Waals surface area contributed by atoms with Crippen LogP contribution < -0.4 is 5.32 Å². The van der Waals surface area contributed by atoms with Crippen LogP contribution in [0, 0.1) is 0 Å². The summed E-state index contributed by atoms with van der Waals surface area (Å²) in [6.45, 7) is 1.35. The first-order valence-corrected chi connectivity index (χ1v) is 24.1. The molecule has 218 valence electrons. The molecule has 0 aromatic rings. The van der Waals surface area contributed by atoms with E-state index in [0.717, 1.165) is 49.1 Å².